The van der Waals surface area contributed by atoms with E-state index in [1.165, 1.54) is 13.3 Å². The van der Waals surface area contributed by atoms with Crippen LogP contribution >= 0.6 is 11.6 Å². The van der Waals surface area contributed by atoms with Crippen molar-refractivity contribution in [3.05, 3.63) is 82.9 Å². The molecule has 3 aromatic carbocycles. The molecule has 0 aliphatic carbocycles. The number of methoxy groups -OCH3 is 1. The summed E-state index contributed by atoms with van der Waals surface area (Å²) in [6.07, 6.45) is 1.32. The summed E-state index contributed by atoms with van der Waals surface area (Å²) in [5.41, 5.74) is 3.45. The number of rotatable bonds is 8. The average Bonchev–Trinajstić information content (AvgIpc) is 2.87. The molecule has 0 aliphatic rings. The molecule has 0 bridgehead atoms. The molecule has 0 heterocycles. The van der Waals surface area contributed by atoms with Gasteiger partial charge in [-0.15, -0.1) is 0 Å². The smallest absolute Gasteiger partial charge is 0.343 e. The molecule has 35 heavy (non-hydrogen) atoms. The molecule has 0 aromatic heterocycles. The van der Waals surface area contributed by atoms with Crippen LogP contribution in [-0.4, -0.2) is 37.7 Å². The van der Waals surface area contributed by atoms with Crippen molar-refractivity contribution >= 4 is 41.3 Å². The van der Waals surface area contributed by atoms with Crippen molar-refractivity contribution in [3.8, 4) is 17.2 Å². The first-order valence-corrected chi connectivity index (χ1v) is 10.8. The lowest BCUT2D eigenvalue weighted by atomic mass is 10.2. The van der Waals surface area contributed by atoms with Crippen molar-refractivity contribution in [2.75, 3.05) is 19.0 Å². The van der Waals surface area contributed by atoms with Crippen LogP contribution in [0.15, 0.2) is 71.8 Å². The molecular weight excluding hydrogens is 474 g/mol. The number of amides is 2. The third-order valence-electron chi connectivity index (χ3n) is 4.48. The van der Waals surface area contributed by atoms with Gasteiger partial charge >= 0.3 is 17.8 Å². The lowest BCUT2D eigenvalue weighted by molar-refractivity contribution is -0.136. The minimum atomic E-state index is -0.953. The molecule has 180 valence electrons. The van der Waals surface area contributed by atoms with Crippen molar-refractivity contribution in [2.45, 2.75) is 6.92 Å². The molecule has 10 heteroatoms. The number of nitrogens with zero attached hydrogens (tertiary/aromatic N) is 1. The monoisotopic (exact) mass is 495 g/mol. The third-order valence-corrected chi connectivity index (χ3v) is 4.74. The van der Waals surface area contributed by atoms with Gasteiger partial charge in [-0.1, -0.05) is 11.6 Å². The van der Waals surface area contributed by atoms with E-state index in [-0.39, 0.29) is 5.75 Å². The first-order chi connectivity index (χ1) is 16.9. The van der Waals surface area contributed by atoms with E-state index in [1.807, 2.05) is 0 Å². The maximum Gasteiger partial charge on any atom is 0.343 e. The van der Waals surface area contributed by atoms with Gasteiger partial charge in [0.1, 0.15) is 5.75 Å². The van der Waals surface area contributed by atoms with Crippen molar-refractivity contribution in [3.63, 3.8) is 0 Å². The van der Waals surface area contributed by atoms with Crippen LogP contribution in [0.5, 0.6) is 17.2 Å². The van der Waals surface area contributed by atoms with Gasteiger partial charge in [0.15, 0.2) is 11.5 Å². The number of ether oxygens (including phenoxy) is 3. The van der Waals surface area contributed by atoms with E-state index in [0.29, 0.717) is 39.9 Å². The van der Waals surface area contributed by atoms with Crippen molar-refractivity contribution in [1.29, 1.82) is 0 Å². The topological polar surface area (TPSA) is 115 Å². The van der Waals surface area contributed by atoms with Crippen LogP contribution in [0, 0.1) is 0 Å². The largest absolute Gasteiger partial charge is 0.497 e. The molecule has 2 N–H and O–H groups in total. The summed E-state index contributed by atoms with van der Waals surface area (Å²) in [5, 5.41) is 6.73. The van der Waals surface area contributed by atoms with Gasteiger partial charge in [-0.25, -0.2) is 10.2 Å². The van der Waals surface area contributed by atoms with Crippen molar-refractivity contribution in [2.24, 2.45) is 5.10 Å². The summed E-state index contributed by atoms with van der Waals surface area (Å²) in [6, 6.07) is 17.5. The predicted octanol–water partition coefficient (Wildman–Crippen LogP) is 4.06. The Morgan fingerprint density at radius 3 is 2.31 bits per heavy atom. The van der Waals surface area contributed by atoms with Gasteiger partial charge in [0.05, 0.1) is 25.5 Å². The second-order valence-corrected chi connectivity index (χ2v) is 7.35. The lowest BCUT2D eigenvalue weighted by Gasteiger charge is -2.11. The van der Waals surface area contributed by atoms with E-state index in [9.17, 15) is 14.4 Å². The zero-order valence-corrected chi connectivity index (χ0v) is 19.7. The van der Waals surface area contributed by atoms with Crippen LogP contribution in [0.25, 0.3) is 0 Å². The van der Waals surface area contributed by atoms with Gasteiger partial charge in [-0.2, -0.15) is 5.10 Å². The number of hydrogen-bond donors (Lipinski definition) is 2. The predicted molar refractivity (Wildman–Crippen MR) is 131 cm³/mol. The molecule has 9 nitrogen and oxygen atoms in total. The Labute approximate surface area is 206 Å². The molecule has 3 aromatic rings. The summed E-state index contributed by atoms with van der Waals surface area (Å²) >= 11 is 5.79. The molecule has 0 atom stereocenters. The summed E-state index contributed by atoms with van der Waals surface area (Å²) in [7, 11) is 1.54. The van der Waals surface area contributed by atoms with Crippen LogP contribution in [0.3, 0.4) is 0 Å². The highest BCUT2D eigenvalue weighted by atomic mass is 35.5. The van der Waals surface area contributed by atoms with Gasteiger partial charge in [-0.3, -0.25) is 9.59 Å². The second kappa shape index (κ2) is 12.2. The molecule has 0 saturated carbocycles. The number of halogens is 1. The van der Waals surface area contributed by atoms with Gasteiger partial charge in [-0.05, 0) is 79.2 Å². The van der Waals surface area contributed by atoms with Gasteiger partial charge in [0.2, 0.25) is 0 Å². The van der Waals surface area contributed by atoms with E-state index < -0.39 is 17.8 Å². The van der Waals surface area contributed by atoms with Crippen LogP contribution < -0.4 is 25.0 Å². The fraction of sp³-hybridized carbons (Fsp3) is 0.120. The Bertz CT molecular complexity index is 1230. The van der Waals surface area contributed by atoms with Gasteiger partial charge in [0, 0.05) is 10.7 Å². The van der Waals surface area contributed by atoms with Gasteiger partial charge < -0.3 is 19.5 Å². The Balaban J connectivity index is 1.62. The number of benzene rings is 3. The highest BCUT2D eigenvalue weighted by Crippen LogP contribution is 2.29. The number of carbonyl (C=O) groups is 3. The molecule has 0 fully saturated rings. The number of hydrazone groups is 1. The minimum Gasteiger partial charge on any atom is -0.497 e. The highest BCUT2D eigenvalue weighted by Gasteiger charge is 2.15. The van der Waals surface area contributed by atoms with Crippen LogP contribution in [-0.2, 0) is 9.59 Å². The molecule has 0 radical (unpaired) electrons. The van der Waals surface area contributed by atoms with E-state index in [4.69, 9.17) is 25.8 Å². The molecule has 3 rings (SSSR count). The maximum atomic E-state index is 12.5. The Morgan fingerprint density at radius 1 is 0.943 bits per heavy atom. The van der Waals surface area contributed by atoms with Crippen molar-refractivity contribution < 1.29 is 28.6 Å². The number of esters is 1. The third kappa shape index (κ3) is 7.31. The van der Waals surface area contributed by atoms with Crippen LogP contribution in [0.4, 0.5) is 5.69 Å². The zero-order chi connectivity index (χ0) is 25.2. The quantitative estimate of drug-likeness (QED) is 0.160. The molecule has 0 aliphatic heterocycles. The summed E-state index contributed by atoms with van der Waals surface area (Å²) < 4.78 is 16.1. The second-order valence-electron chi connectivity index (χ2n) is 6.92. The molecule has 0 unspecified atom stereocenters. The van der Waals surface area contributed by atoms with Gasteiger partial charge in [0.25, 0.3) is 0 Å². The van der Waals surface area contributed by atoms with Crippen LogP contribution in [0.2, 0.25) is 5.02 Å². The standard InChI is InChI=1S/C25H22ClN3O6/c1-3-34-22-14-16(4-13-21(22)35-25(32)17-5-11-20(33-2)12-6-17)15-27-29-24(31)23(30)28-19-9-7-18(26)8-10-19/h4-15H,3H2,1-2H3,(H,28,30)(H,29,31)/b27-15+. The van der Waals surface area contributed by atoms with E-state index in [1.54, 1.807) is 73.7 Å². The average molecular weight is 496 g/mol. The molecule has 0 saturated heterocycles. The van der Waals surface area contributed by atoms with E-state index >= 15 is 0 Å². The lowest BCUT2D eigenvalue weighted by Crippen LogP contribution is -2.32. The first kappa shape index (κ1) is 25.3. The zero-order valence-electron chi connectivity index (χ0n) is 18.9. The SMILES string of the molecule is CCOc1cc(/C=N/NC(=O)C(=O)Nc2ccc(Cl)cc2)ccc1OC(=O)c1ccc(OC)cc1. The van der Waals surface area contributed by atoms with Crippen LogP contribution in [0.1, 0.15) is 22.8 Å². The number of nitrogens with one attached hydrogen (secondary N) is 2. The molecule has 0 spiro atoms. The fourth-order valence-electron chi connectivity index (χ4n) is 2.78. The Kier molecular flexibility index (Phi) is 8.80. The summed E-state index contributed by atoms with van der Waals surface area (Å²) in [4.78, 5) is 36.4. The van der Waals surface area contributed by atoms with Crippen molar-refractivity contribution in [1.82, 2.24) is 5.43 Å². The Morgan fingerprint density at radius 2 is 1.66 bits per heavy atom. The molecular formula is C25H22ClN3O6. The normalized spacial score (nSPS) is 10.5. The number of carbonyl (C=O) groups excluding carboxylic acids is 3. The molecule has 2 amide bonds. The maximum absolute atomic E-state index is 12.5. The first-order valence-electron chi connectivity index (χ1n) is 10.4. The summed E-state index contributed by atoms with van der Waals surface area (Å²) in [6.45, 7) is 2.12. The minimum absolute atomic E-state index is 0.219. The summed E-state index contributed by atoms with van der Waals surface area (Å²) in [5.74, 6) is -1.25. The fourth-order valence-corrected chi connectivity index (χ4v) is 2.91. The Hall–Kier alpha value is -4.37. The van der Waals surface area contributed by atoms with E-state index in [2.05, 4.69) is 15.8 Å². The highest BCUT2D eigenvalue weighted by molar-refractivity contribution is 6.39. The number of anilines is 1. The van der Waals surface area contributed by atoms with E-state index in [0.717, 1.165) is 0 Å². The number of hydrogen-bond acceptors (Lipinski definition) is 7.